The van der Waals surface area contributed by atoms with Crippen molar-refractivity contribution in [1.29, 1.82) is 5.53 Å². The molecule has 4 aromatic rings. The fourth-order valence-corrected chi connectivity index (χ4v) is 4.81. The molecule has 0 saturated carbocycles. The van der Waals surface area contributed by atoms with Crippen LogP contribution in [0.1, 0.15) is 15.9 Å². The lowest BCUT2D eigenvalue weighted by molar-refractivity contribution is 0.0303. The number of thiophene rings is 1. The third kappa shape index (κ3) is 4.13. The van der Waals surface area contributed by atoms with Gasteiger partial charge in [0.1, 0.15) is 5.82 Å². The highest BCUT2D eigenvalue weighted by Gasteiger charge is 2.19. The minimum atomic E-state index is -0.00619. The maximum absolute atomic E-state index is 12.9. The molecule has 2 aromatic carbocycles. The molecule has 1 fully saturated rings. The second-order valence-corrected chi connectivity index (χ2v) is 8.47. The predicted octanol–water partition coefficient (Wildman–Crippen LogP) is 4.32. The molecular weight excluding hydrogens is 438 g/mol. The van der Waals surface area contributed by atoms with Crippen molar-refractivity contribution in [2.24, 2.45) is 16.1 Å². The van der Waals surface area contributed by atoms with Gasteiger partial charge in [0.2, 0.25) is 0 Å². The maximum Gasteiger partial charge on any atom is 0.254 e. The van der Waals surface area contributed by atoms with Crippen LogP contribution in [0, 0.1) is 5.53 Å². The summed E-state index contributed by atoms with van der Waals surface area (Å²) in [5.74, 6) is 0.838. The number of anilines is 2. The Morgan fingerprint density at radius 3 is 2.79 bits per heavy atom. The number of carbonyl (C=O) groups excluding carboxylic acids is 1. The highest BCUT2D eigenvalue weighted by Crippen LogP contribution is 2.35. The molecule has 9 nitrogen and oxygen atoms in total. The largest absolute Gasteiger partial charge is 0.382 e. The Morgan fingerprint density at radius 1 is 1.12 bits per heavy atom. The van der Waals surface area contributed by atoms with Crippen LogP contribution in [0.2, 0.25) is 0 Å². The molecule has 10 heteroatoms. The molecule has 1 aliphatic heterocycles. The zero-order chi connectivity index (χ0) is 22.8. The molecule has 166 valence electrons. The molecule has 0 radical (unpaired) electrons. The van der Waals surface area contributed by atoms with E-state index in [1.54, 1.807) is 11.3 Å². The van der Waals surface area contributed by atoms with E-state index in [4.69, 9.17) is 21.0 Å². The Balaban J connectivity index is 1.51. The topological polar surface area (TPSA) is 129 Å². The quantitative estimate of drug-likeness (QED) is 0.177. The zero-order valence-corrected chi connectivity index (χ0v) is 18.4. The van der Waals surface area contributed by atoms with E-state index in [0.717, 1.165) is 26.7 Å². The van der Waals surface area contributed by atoms with E-state index in [1.807, 2.05) is 58.8 Å². The number of pyridine rings is 1. The number of morpholine rings is 1. The number of benzene rings is 2. The second-order valence-electron chi connectivity index (χ2n) is 7.55. The van der Waals surface area contributed by atoms with Crippen molar-refractivity contribution in [3.8, 4) is 0 Å². The van der Waals surface area contributed by atoms with E-state index >= 15 is 0 Å². The number of rotatable bonds is 5. The SMILES string of the molecule is N=N/N=C(\N)c1ccc2c(c1)nc(Nc1cccc(C(=O)N3CCOCC3)c1)c1ccsc12. The van der Waals surface area contributed by atoms with Gasteiger partial charge in [-0.15, -0.1) is 16.4 Å². The van der Waals surface area contributed by atoms with Gasteiger partial charge in [-0.3, -0.25) is 4.79 Å². The number of aromatic nitrogens is 1. The molecule has 0 atom stereocenters. The number of hydrogen-bond acceptors (Lipinski definition) is 7. The van der Waals surface area contributed by atoms with Gasteiger partial charge in [0, 0.05) is 45.4 Å². The molecule has 4 N–H and O–H groups in total. The monoisotopic (exact) mass is 459 g/mol. The zero-order valence-electron chi connectivity index (χ0n) is 17.6. The lowest BCUT2D eigenvalue weighted by atomic mass is 10.1. The summed E-state index contributed by atoms with van der Waals surface area (Å²) in [7, 11) is 0. The van der Waals surface area contributed by atoms with Gasteiger partial charge in [0.15, 0.2) is 5.84 Å². The van der Waals surface area contributed by atoms with Gasteiger partial charge >= 0.3 is 0 Å². The standard InChI is InChI=1S/C23H21N7O2S/c24-21(28-29-25)14-4-5-17-19(13-14)27-22(18-6-11-33-20(17)18)26-16-3-1-2-15(12-16)23(31)30-7-9-32-10-8-30/h1-6,11-13H,7-10H2,(H,26,27)(H3,24,25,28). The molecule has 1 saturated heterocycles. The molecule has 0 spiro atoms. The van der Waals surface area contributed by atoms with Crippen LogP contribution in [-0.2, 0) is 4.74 Å². The van der Waals surface area contributed by atoms with Crippen molar-refractivity contribution in [1.82, 2.24) is 9.88 Å². The molecule has 1 aliphatic rings. The summed E-state index contributed by atoms with van der Waals surface area (Å²) in [6, 6.07) is 15.1. The lowest BCUT2D eigenvalue weighted by Crippen LogP contribution is -2.40. The van der Waals surface area contributed by atoms with Gasteiger partial charge in [0.05, 0.1) is 18.7 Å². The summed E-state index contributed by atoms with van der Waals surface area (Å²) in [6.07, 6.45) is 0. The van der Waals surface area contributed by atoms with E-state index in [9.17, 15) is 4.79 Å². The van der Waals surface area contributed by atoms with Crippen LogP contribution in [-0.4, -0.2) is 47.9 Å². The number of nitrogens with zero attached hydrogens (tertiary/aromatic N) is 4. The van der Waals surface area contributed by atoms with Gasteiger partial charge in [-0.05, 0) is 35.7 Å². The molecule has 0 bridgehead atoms. The number of nitrogens with two attached hydrogens (primary N) is 1. The predicted molar refractivity (Wildman–Crippen MR) is 129 cm³/mol. The van der Waals surface area contributed by atoms with Crippen LogP contribution >= 0.6 is 11.3 Å². The van der Waals surface area contributed by atoms with Crippen molar-refractivity contribution < 1.29 is 9.53 Å². The first-order valence-electron chi connectivity index (χ1n) is 10.4. The fraction of sp³-hybridized carbons (Fsp3) is 0.174. The number of amidine groups is 1. The molecule has 0 aliphatic carbocycles. The third-order valence-electron chi connectivity index (χ3n) is 5.52. The summed E-state index contributed by atoms with van der Waals surface area (Å²) in [5.41, 5.74) is 15.6. The molecule has 2 aromatic heterocycles. The van der Waals surface area contributed by atoms with Crippen LogP contribution in [0.25, 0.3) is 21.0 Å². The number of hydrogen-bond donors (Lipinski definition) is 3. The van der Waals surface area contributed by atoms with Crippen LogP contribution in [0.15, 0.2) is 64.2 Å². The van der Waals surface area contributed by atoms with Crippen molar-refractivity contribution in [3.63, 3.8) is 0 Å². The Morgan fingerprint density at radius 2 is 1.97 bits per heavy atom. The van der Waals surface area contributed by atoms with Crippen LogP contribution in [0.3, 0.4) is 0 Å². The van der Waals surface area contributed by atoms with E-state index < -0.39 is 0 Å². The summed E-state index contributed by atoms with van der Waals surface area (Å²) >= 11 is 1.63. The van der Waals surface area contributed by atoms with Gasteiger partial charge in [-0.2, -0.15) is 5.53 Å². The maximum atomic E-state index is 12.9. The fourth-order valence-electron chi connectivity index (χ4n) is 3.88. The number of carbonyl (C=O) groups is 1. The Bertz CT molecular complexity index is 1390. The highest BCUT2D eigenvalue weighted by molar-refractivity contribution is 7.18. The van der Waals surface area contributed by atoms with Crippen molar-refractivity contribution >= 4 is 55.6 Å². The van der Waals surface area contributed by atoms with Crippen molar-refractivity contribution in [2.45, 2.75) is 0 Å². The van der Waals surface area contributed by atoms with Gasteiger partial charge < -0.3 is 20.7 Å². The number of fused-ring (bicyclic) bond motifs is 3. The third-order valence-corrected chi connectivity index (χ3v) is 6.47. The molecule has 1 amide bonds. The van der Waals surface area contributed by atoms with Crippen molar-refractivity contribution in [2.75, 3.05) is 31.6 Å². The van der Waals surface area contributed by atoms with Gasteiger partial charge in [-0.1, -0.05) is 23.4 Å². The summed E-state index contributed by atoms with van der Waals surface area (Å²) in [6.45, 7) is 2.32. The molecule has 3 heterocycles. The minimum Gasteiger partial charge on any atom is -0.382 e. The summed E-state index contributed by atoms with van der Waals surface area (Å²) < 4.78 is 6.44. The molecule has 5 rings (SSSR count). The minimum absolute atomic E-state index is 0.00619. The normalized spacial score (nSPS) is 14.5. The lowest BCUT2D eigenvalue weighted by Gasteiger charge is -2.27. The first-order valence-corrected chi connectivity index (χ1v) is 11.3. The molecule has 33 heavy (non-hydrogen) atoms. The highest BCUT2D eigenvalue weighted by atomic mass is 32.1. The first-order chi connectivity index (χ1) is 16.1. The van der Waals surface area contributed by atoms with Crippen LogP contribution in [0.5, 0.6) is 0 Å². The van der Waals surface area contributed by atoms with E-state index in [-0.39, 0.29) is 11.7 Å². The van der Waals surface area contributed by atoms with Crippen LogP contribution in [0.4, 0.5) is 11.5 Å². The molecule has 0 unspecified atom stereocenters. The Kier molecular flexibility index (Phi) is 5.68. The summed E-state index contributed by atoms with van der Waals surface area (Å²) in [4.78, 5) is 19.5. The smallest absolute Gasteiger partial charge is 0.254 e. The average molecular weight is 460 g/mol. The van der Waals surface area contributed by atoms with E-state index in [2.05, 4.69) is 15.6 Å². The number of amides is 1. The average Bonchev–Trinajstić information content (AvgIpc) is 3.35. The number of ether oxygens (including phenoxy) is 1. The Hall–Kier alpha value is -3.89. The van der Waals surface area contributed by atoms with Crippen molar-refractivity contribution in [3.05, 3.63) is 65.0 Å². The Labute approximate surface area is 193 Å². The van der Waals surface area contributed by atoms with Gasteiger partial charge in [-0.25, -0.2) is 4.98 Å². The first kappa shape index (κ1) is 21.0. The second kappa shape index (κ2) is 8.93. The molecular formula is C23H21N7O2S. The van der Waals surface area contributed by atoms with E-state index in [0.29, 0.717) is 43.2 Å². The number of nitrogens with one attached hydrogen (secondary N) is 2. The van der Waals surface area contributed by atoms with Gasteiger partial charge in [0.25, 0.3) is 5.91 Å². The summed E-state index contributed by atoms with van der Waals surface area (Å²) in [5, 5.41) is 14.0. The van der Waals surface area contributed by atoms with E-state index in [1.165, 1.54) is 0 Å². The van der Waals surface area contributed by atoms with Crippen LogP contribution < -0.4 is 11.1 Å².